The van der Waals surface area contributed by atoms with Crippen molar-refractivity contribution in [1.82, 2.24) is 5.32 Å². The van der Waals surface area contributed by atoms with Crippen molar-refractivity contribution in [3.8, 4) is 0 Å². The van der Waals surface area contributed by atoms with Gasteiger partial charge in [-0.25, -0.2) is 0 Å². The summed E-state index contributed by atoms with van der Waals surface area (Å²) in [5.74, 6) is -0.232. The lowest BCUT2D eigenvalue weighted by atomic mass is 10.2. The van der Waals surface area contributed by atoms with E-state index in [-0.39, 0.29) is 18.1 Å². The van der Waals surface area contributed by atoms with Crippen LogP contribution in [0.3, 0.4) is 0 Å². The molecule has 0 bridgehead atoms. The maximum absolute atomic E-state index is 11.0. The molecule has 78 valence electrons. The summed E-state index contributed by atoms with van der Waals surface area (Å²) < 4.78 is 9.51. The van der Waals surface area contributed by atoms with Crippen molar-refractivity contribution in [3.63, 3.8) is 0 Å². The number of esters is 1. The van der Waals surface area contributed by atoms with Crippen LogP contribution < -0.4 is 5.32 Å². The molecule has 0 aliphatic rings. The normalized spacial score (nSPS) is 15.1. The van der Waals surface area contributed by atoms with Gasteiger partial charge in [0.2, 0.25) is 0 Å². The number of carbonyl (C=O) groups excluding carboxylic acids is 1. The molecular weight excluding hydrogens is 170 g/mol. The number of hydrogen-bond donors (Lipinski definition) is 1. The minimum absolute atomic E-state index is 0.232. The van der Waals surface area contributed by atoms with Crippen LogP contribution in [0.25, 0.3) is 0 Å². The van der Waals surface area contributed by atoms with Crippen LogP contribution in [-0.2, 0) is 14.3 Å². The van der Waals surface area contributed by atoms with E-state index in [9.17, 15) is 4.79 Å². The lowest BCUT2D eigenvalue weighted by Gasteiger charge is -2.17. The topological polar surface area (TPSA) is 47.6 Å². The van der Waals surface area contributed by atoms with Gasteiger partial charge in [0, 0.05) is 19.8 Å². The van der Waals surface area contributed by atoms with Gasteiger partial charge in [-0.2, -0.15) is 0 Å². The maximum atomic E-state index is 11.0. The summed E-state index contributed by atoms with van der Waals surface area (Å²) in [7, 11) is 3.05. The molecule has 0 aliphatic heterocycles. The van der Waals surface area contributed by atoms with E-state index < -0.39 is 0 Å². The van der Waals surface area contributed by atoms with E-state index in [1.54, 1.807) is 14.0 Å². The molecule has 0 aromatic heterocycles. The molecule has 0 saturated heterocycles. The molecule has 0 heterocycles. The first-order chi connectivity index (χ1) is 6.11. The minimum Gasteiger partial charge on any atom is -0.468 e. The van der Waals surface area contributed by atoms with E-state index in [1.165, 1.54) is 7.11 Å². The number of ether oxygens (including phenoxy) is 2. The van der Waals surface area contributed by atoms with Crippen LogP contribution in [-0.4, -0.2) is 38.9 Å². The van der Waals surface area contributed by atoms with Crippen molar-refractivity contribution in [2.75, 3.05) is 20.8 Å². The Labute approximate surface area is 79.6 Å². The second-order valence-electron chi connectivity index (χ2n) is 3.09. The van der Waals surface area contributed by atoms with Gasteiger partial charge in [0.1, 0.15) is 6.04 Å². The summed E-state index contributed by atoms with van der Waals surface area (Å²) in [6.45, 7) is 4.50. The number of nitrogens with one attached hydrogen (secondary N) is 1. The predicted octanol–water partition coefficient (Wildman–Crippen LogP) is 0.562. The molecule has 4 nitrogen and oxygen atoms in total. The second-order valence-corrected chi connectivity index (χ2v) is 3.09. The molecule has 13 heavy (non-hydrogen) atoms. The lowest BCUT2D eigenvalue weighted by molar-refractivity contribution is -0.142. The fraction of sp³-hybridized carbons (Fsp3) is 0.889. The smallest absolute Gasteiger partial charge is 0.322 e. The van der Waals surface area contributed by atoms with Gasteiger partial charge in [0.05, 0.1) is 7.11 Å². The maximum Gasteiger partial charge on any atom is 0.322 e. The highest BCUT2D eigenvalue weighted by Crippen LogP contribution is 1.94. The van der Waals surface area contributed by atoms with E-state index in [0.717, 1.165) is 6.42 Å². The van der Waals surface area contributed by atoms with E-state index >= 15 is 0 Å². The Hall–Kier alpha value is -0.610. The highest BCUT2D eigenvalue weighted by molar-refractivity contribution is 5.75. The molecule has 1 N–H and O–H groups in total. The third-order valence-corrected chi connectivity index (χ3v) is 1.84. The summed E-state index contributed by atoms with van der Waals surface area (Å²) in [5.41, 5.74) is 0. The SMILES string of the molecule is COCCC(C)N[C@@H](C)C(=O)OC. The molecule has 0 spiro atoms. The van der Waals surface area contributed by atoms with Crippen LogP contribution in [0.2, 0.25) is 0 Å². The van der Waals surface area contributed by atoms with Gasteiger partial charge in [0.15, 0.2) is 0 Å². The fourth-order valence-corrected chi connectivity index (χ4v) is 1.05. The standard InChI is InChI=1S/C9H19NO3/c1-7(5-6-12-3)10-8(2)9(11)13-4/h7-8,10H,5-6H2,1-4H3/t7?,8-/m0/s1. The van der Waals surface area contributed by atoms with Crippen LogP contribution in [0.5, 0.6) is 0 Å². The highest BCUT2D eigenvalue weighted by Gasteiger charge is 2.14. The van der Waals surface area contributed by atoms with Crippen molar-refractivity contribution in [1.29, 1.82) is 0 Å². The van der Waals surface area contributed by atoms with E-state index in [2.05, 4.69) is 10.1 Å². The summed E-state index contributed by atoms with van der Waals surface area (Å²) in [6.07, 6.45) is 0.887. The number of carbonyl (C=O) groups is 1. The van der Waals surface area contributed by atoms with Crippen LogP contribution in [0.15, 0.2) is 0 Å². The Morgan fingerprint density at radius 2 is 2.00 bits per heavy atom. The van der Waals surface area contributed by atoms with Crippen molar-refractivity contribution in [3.05, 3.63) is 0 Å². The van der Waals surface area contributed by atoms with E-state index in [1.807, 2.05) is 6.92 Å². The average molecular weight is 189 g/mol. The van der Waals surface area contributed by atoms with Gasteiger partial charge in [-0.1, -0.05) is 0 Å². The van der Waals surface area contributed by atoms with Crippen molar-refractivity contribution >= 4 is 5.97 Å². The first-order valence-electron chi connectivity index (χ1n) is 4.44. The van der Waals surface area contributed by atoms with Crippen LogP contribution in [0, 0.1) is 0 Å². The number of rotatable bonds is 6. The largest absolute Gasteiger partial charge is 0.468 e. The minimum atomic E-state index is -0.253. The van der Waals surface area contributed by atoms with Crippen LogP contribution in [0.4, 0.5) is 0 Å². The third-order valence-electron chi connectivity index (χ3n) is 1.84. The molecule has 0 aliphatic carbocycles. The summed E-state index contributed by atoms with van der Waals surface area (Å²) in [4.78, 5) is 11.0. The predicted molar refractivity (Wildman–Crippen MR) is 50.6 cm³/mol. The molecular formula is C9H19NO3. The number of methoxy groups -OCH3 is 2. The van der Waals surface area contributed by atoms with Gasteiger partial charge >= 0.3 is 5.97 Å². The van der Waals surface area contributed by atoms with Crippen molar-refractivity contribution in [2.24, 2.45) is 0 Å². The van der Waals surface area contributed by atoms with E-state index in [4.69, 9.17) is 4.74 Å². The van der Waals surface area contributed by atoms with Gasteiger partial charge in [0.25, 0.3) is 0 Å². The van der Waals surface area contributed by atoms with Gasteiger partial charge in [-0.3, -0.25) is 4.79 Å². The molecule has 1 unspecified atom stereocenters. The molecule has 0 rings (SSSR count). The van der Waals surface area contributed by atoms with E-state index in [0.29, 0.717) is 6.61 Å². The van der Waals surface area contributed by atoms with Gasteiger partial charge in [-0.05, 0) is 20.3 Å². The number of hydrogen-bond acceptors (Lipinski definition) is 4. The monoisotopic (exact) mass is 189 g/mol. The Kier molecular flexibility index (Phi) is 6.54. The first kappa shape index (κ1) is 12.4. The molecule has 0 aromatic rings. The van der Waals surface area contributed by atoms with Gasteiger partial charge < -0.3 is 14.8 Å². The van der Waals surface area contributed by atoms with Crippen LogP contribution >= 0.6 is 0 Å². The van der Waals surface area contributed by atoms with Crippen LogP contribution in [0.1, 0.15) is 20.3 Å². The zero-order valence-electron chi connectivity index (χ0n) is 8.79. The molecule has 0 saturated carbocycles. The van der Waals surface area contributed by atoms with Crippen molar-refractivity contribution in [2.45, 2.75) is 32.4 Å². The second kappa shape index (κ2) is 6.86. The summed E-state index contributed by atoms with van der Waals surface area (Å²) in [5, 5.41) is 3.11. The molecule has 2 atom stereocenters. The Balaban J connectivity index is 3.64. The third kappa shape index (κ3) is 5.60. The molecule has 4 heteroatoms. The average Bonchev–Trinajstić information content (AvgIpc) is 2.13. The molecule has 0 amide bonds. The zero-order chi connectivity index (χ0) is 10.3. The quantitative estimate of drug-likeness (QED) is 0.620. The molecule has 0 radical (unpaired) electrons. The lowest BCUT2D eigenvalue weighted by Crippen LogP contribution is -2.40. The molecule has 0 fully saturated rings. The summed E-state index contributed by atoms with van der Waals surface area (Å²) in [6, 6.07) is 0.00547. The fourth-order valence-electron chi connectivity index (χ4n) is 1.05. The van der Waals surface area contributed by atoms with Crippen molar-refractivity contribution < 1.29 is 14.3 Å². The Bertz CT molecular complexity index is 150. The summed E-state index contributed by atoms with van der Waals surface area (Å²) >= 11 is 0. The first-order valence-corrected chi connectivity index (χ1v) is 4.44. The highest BCUT2D eigenvalue weighted by atomic mass is 16.5. The molecule has 0 aromatic carbocycles. The zero-order valence-corrected chi connectivity index (χ0v) is 8.79. The van der Waals surface area contributed by atoms with Gasteiger partial charge in [-0.15, -0.1) is 0 Å². The Morgan fingerprint density at radius 3 is 2.46 bits per heavy atom. The Morgan fingerprint density at radius 1 is 1.38 bits per heavy atom.